The Kier molecular flexibility index (Phi) is 4.40. The smallest absolute Gasteiger partial charge is 0.159 e. The lowest BCUT2D eigenvalue weighted by Gasteiger charge is -2.10. The van der Waals surface area contributed by atoms with Gasteiger partial charge in [-0.25, -0.2) is 9.37 Å². The summed E-state index contributed by atoms with van der Waals surface area (Å²) in [5.74, 6) is 0.410. The van der Waals surface area contributed by atoms with Crippen LogP contribution in [0.2, 0.25) is 0 Å². The molecular weight excluding hydrogens is 381 g/mol. The van der Waals surface area contributed by atoms with E-state index in [0.717, 1.165) is 28.9 Å². The van der Waals surface area contributed by atoms with Gasteiger partial charge in [0.1, 0.15) is 17.0 Å². The third-order valence-electron chi connectivity index (χ3n) is 5.65. The average molecular weight is 403 g/mol. The number of rotatable bonds is 4. The molecule has 4 N–H and O–H groups in total. The number of aromatic hydroxyl groups is 1. The molecule has 0 fully saturated rings. The van der Waals surface area contributed by atoms with Gasteiger partial charge in [0.25, 0.3) is 0 Å². The van der Waals surface area contributed by atoms with Crippen LogP contribution in [0.3, 0.4) is 0 Å². The van der Waals surface area contributed by atoms with E-state index in [2.05, 4.69) is 38.5 Å². The summed E-state index contributed by atoms with van der Waals surface area (Å²) < 4.78 is 15.4. The van der Waals surface area contributed by atoms with E-state index in [-0.39, 0.29) is 11.3 Å². The van der Waals surface area contributed by atoms with E-state index < -0.39 is 5.82 Å². The predicted octanol–water partition coefficient (Wildman–Crippen LogP) is 4.40. The molecule has 5 rings (SSSR count). The molecule has 3 heterocycles. The lowest BCUT2D eigenvalue weighted by Crippen LogP contribution is -2.17. The molecule has 0 spiro atoms. The molecule has 0 saturated carbocycles. The van der Waals surface area contributed by atoms with Crippen LogP contribution in [0.1, 0.15) is 25.1 Å². The largest absolute Gasteiger partial charge is 0.508 e. The standard InChI is InChI=1S/C23H22FN5O/c1-3-13-9-15(30)4-5-16(13)17-6-7-18-21(20(17)24)28-29-22(18)23-26-11-19(27-23)14-8-12(2)25-10-14/h4-9,11-12,25,30H,3,10H2,1-2H3,(H,26,27)(H,28,29)/t12-/m1/s1. The van der Waals surface area contributed by atoms with Crippen LogP contribution in [0.25, 0.3) is 39.1 Å². The van der Waals surface area contributed by atoms with Gasteiger partial charge in [-0.05, 0) is 48.2 Å². The maximum atomic E-state index is 15.4. The molecule has 4 aromatic rings. The monoisotopic (exact) mass is 403 g/mol. The van der Waals surface area contributed by atoms with Crippen LogP contribution in [-0.4, -0.2) is 37.9 Å². The second kappa shape index (κ2) is 7.11. The number of hydrogen-bond donors (Lipinski definition) is 4. The van der Waals surface area contributed by atoms with Crippen LogP contribution in [-0.2, 0) is 6.42 Å². The summed E-state index contributed by atoms with van der Waals surface area (Å²) in [5, 5.41) is 21.0. The number of halogens is 1. The topological polar surface area (TPSA) is 89.6 Å². The molecule has 0 bridgehead atoms. The highest BCUT2D eigenvalue weighted by atomic mass is 19.1. The Morgan fingerprint density at radius 1 is 1.20 bits per heavy atom. The fourth-order valence-corrected chi connectivity index (χ4v) is 4.06. The van der Waals surface area contributed by atoms with E-state index in [1.54, 1.807) is 30.5 Å². The van der Waals surface area contributed by atoms with Crippen molar-refractivity contribution in [2.45, 2.75) is 26.3 Å². The molecule has 0 radical (unpaired) electrons. The van der Waals surface area contributed by atoms with Crippen molar-refractivity contribution < 1.29 is 9.50 Å². The van der Waals surface area contributed by atoms with Gasteiger partial charge in [-0.2, -0.15) is 5.10 Å². The minimum absolute atomic E-state index is 0.176. The molecule has 1 aliphatic rings. The zero-order valence-corrected chi connectivity index (χ0v) is 16.8. The number of imidazole rings is 1. The third-order valence-corrected chi connectivity index (χ3v) is 5.65. The number of nitrogens with zero attached hydrogens (tertiary/aromatic N) is 2. The first-order valence-electron chi connectivity index (χ1n) is 10.0. The molecule has 0 unspecified atom stereocenters. The van der Waals surface area contributed by atoms with E-state index >= 15 is 4.39 Å². The number of fused-ring (bicyclic) bond motifs is 1. The Bertz CT molecular complexity index is 1290. The van der Waals surface area contributed by atoms with Gasteiger partial charge in [-0.15, -0.1) is 0 Å². The van der Waals surface area contributed by atoms with E-state index in [1.165, 1.54) is 0 Å². The highest BCUT2D eigenvalue weighted by Crippen LogP contribution is 2.35. The van der Waals surface area contributed by atoms with Crippen molar-refractivity contribution in [3.05, 3.63) is 59.7 Å². The minimum atomic E-state index is -0.390. The highest BCUT2D eigenvalue weighted by Gasteiger charge is 2.20. The normalized spacial score (nSPS) is 16.4. The first-order valence-corrected chi connectivity index (χ1v) is 10.0. The van der Waals surface area contributed by atoms with Crippen molar-refractivity contribution in [3.63, 3.8) is 0 Å². The van der Waals surface area contributed by atoms with E-state index in [0.29, 0.717) is 34.9 Å². The highest BCUT2D eigenvalue weighted by molar-refractivity contribution is 5.95. The maximum Gasteiger partial charge on any atom is 0.159 e. The average Bonchev–Trinajstić information content (AvgIpc) is 3.47. The molecule has 2 aromatic carbocycles. The SMILES string of the molecule is CCc1cc(O)ccc1-c1ccc2c(-c3ncc(C4=C[C@@H](C)NC4)[nH]3)[nH]nc2c1F. The molecule has 152 valence electrons. The molecule has 1 atom stereocenters. The second-order valence-electron chi connectivity index (χ2n) is 7.62. The lowest BCUT2D eigenvalue weighted by molar-refractivity contribution is 0.474. The number of aryl methyl sites for hydroxylation is 1. The van der Waals surface area contributed by atoms with Gasteiger partial charge < -0.3 is 15.4 Å². The number of aromatic amines is 2. The Balaban J connectivity index is 1.57. The van der Waals surface area contributed by atoms with Gasteiger partial charge in [-0.3, -0.25) is 5.10 Å². The van der Waals surface area contributed by atoms with Gasteiger partial charge in [0.2, 0.25) is 0 Å². The van der Waals surface area contributed by atoms with E-state index in [9.17, 15) is 5.11 Å². The van der Waals surface area contributed by atoms with Gasteiger partial charge in [-0.1, -0.05) is 25.1 Å². The Morgan fingerprint density at radius 2 is 2.03 bits per heavy atom. The number of nitrogens with one attached hydrogen (secondary N) is 3. The predicted molar refractivity (Wildman–Crippen MR) is 116 cm³/mol. The summed E-state index contributed by atoms with van der Waals surface area (Å²) in [7, 11) is 0. The van der Waals surface area contributed by atoms with Crippen molar-refractivity contribution in [2.24, 2.45) is 0 Å². The summed E-state index contributed by atoms with van der Waals surface area (Å²) >= 11 is 0. The molecule has 6 nitrogen and oxygen atoms in total. The van der Waals surface area contributed by atoms with Gasteiger partial charge in [0.15, 0.2) is 11.6 Å². The second-order valence-corrected chi connectivity index (χ2v) is 7.62. The molecule has 2 aromatic heterocycles. The van der Waals surface area contributed by atoms with Gasteiger partial charge >= 0.3 is 0 Å². The minimum Gasteiger partial charge on any atom is -0.508 e. The van der Waals surface area contributed by atoms with Crippen LogP contribution in [0.5, 0.6) is 5.75 Å². The fourth-order valence-electron chi connectivity index (χ4n) is 4.06. The molecular formula is C23H22FN5O. The van der Waals surface area contributed by atoms with E-state index in [4.69, 9.17) is 0 Å². The number of benzene rings is 2. The number of H-pyrrole nitrogens is 2. The van der Waals surface area contributed by atoms with Crippen LogP contribution >= 0.6 is 0 Å². The Morgan fingerprint density at radius 3 is 2.80 bits per heavy atom. The summed E-state index contributed by atoms with van der Waals surface area (Å²) in [6, 6.07) is 8.95. The summed E-state index contributed by atoms with van der Waals surface area (Å²) in [5.41, 5.74) is 5.14. The summed E-state index contributed by atoms with van der Waals surface area (Å²) in [4.78, 5) is 7.80. The molecule has 30 heavy (non-hydrogen) atoms. The molecule has 0 amide bonds. The lowest BCUT2D eigenvalue weighted by atomic mass is 9.96. The molecule has 0 aliphatic carbocycles. The van der Waals surface area contributed by atoms with Crippen LogP contribution in [0, 0.1) is 5.82 Å². The van der Waals surface area contributed by atoms with Crippen molar-refractivity contribution >= 4 is 16.5 Å². The van der Waals surface area contributed by atoms with Crippen molar-refractivity contribution in [2.75, 3.05) is 6.54 Å². The Labute approximate surface area is 172 Å². The zero-order valence-electron chi connectivity index (χ0n) is 16.8. The summed E-state index contributed by atoms with van der Waals surface area (Å²) in [6.07, 6.45) is 4.64. The van der Waals surface area contributed by atoms with Crippen LogP contribution in [0.4, 0.5) is 4.39 Å². The molecule has 1 aliphatic heterocycles. The number of aromatic nitrogens is 4. The Hall–Kier alpha value is -3.45. The van der Waals surface area contributed by atoms with Crippen molar-refractivity contribution in [1.82, 2.24) is 25.5 Å². The fraction of sp³-hybridized carbons (Fsp3) is 0.217. The summed E-state index contributed by atoms with van der Waals surface area (Å²) in [6.45, 7) is 4.87. The number of phenolic OH excluding ortho intramolecular Hbond substituents is 1. The number of phenols is 1. The van der Waals surface area contributed by atoms with E-state index in [1.807, 2.05) is 13.0 Å². The first-order chi connectivity index (χ1) is 14.5. The molecule has 0 saturated heterocycles. The quantitative estimate of drug-likeness (QED) is 0.407. The number of hydrogen-bond acceptors (Lipinski definition) is 4. The third kappa shape index (κ3) is 2.98. The molecule has 7 heteroatoms. The van der Waals surface area contributed by atoms with Crippen molar-refractivity contribution in [3.8, 4) is 28.4 Å². The van der Waals surface area contributed by atoms with Gasteiger partial charge in [0.05, 0.1) is 11.9 Å². The zero-order chi connectivity index (χ0) is 20.8. The first kappa shape index (κ1) is 18.6. The van der Waals surface area contributed by atoms with Crippen molar-refractivity contribution in [1.29, 1.82) is 0 Å². The van der Waals surface area contributed by atoms with Gasteiger partial charge in [0, 0.05) is 23.5 Å². The maximum absolute atomic E-state index is 15.4. The van der Waals surface area contributed by atoms with Crippen LogP contribution < -0.4 is 5.32 Å². The van der Waals surface area contributed by atoms with Crippen LogP contribution in [0.15, 0.2) is 42.6 Å².